The minimum absolute atomic E-state index is 0.0543. The Labute approximate surface area is 104 Å². The van der Waals surface area contributed by atoms with Gasteiger partial charge in [0.25, 0.3) is 5.91 Å². The van der Waals surface area contributed by atoms with Crippen molar-refractivity contribution in [1.29, 1.82) is 0 Å². The molecule has 0 spiro atoms. The Kier molecular flexibility index (Phi) is 2.81. The summed E-state index contributed by atoms with van der Waals surface area (Å²) in [6.07, 6.45) is 5.32. The van der Waals surface area contributed by atoms with Crippen molar-refractivity contribution in [2.45, 2.75) is 13.8 Å². The number of hydrogen-bond acceptors (Lipinski definition) is 4. The molecule has 0 fully saturated rings. The van der Waals surface area contributed by atoms with E-state index in [0.29, 0.717) is 17.2 Å². The van der Waals surface area contributed by atoms with Gasteiger partial charge in [-0.15, -0.1) is 11.5 Å². The Morgan fingerprint density at radius 2 is 2.11 bits per heavy atom. The number of aromatic nitrogens is 4. The average molecular weight is 241 g/mol. The summed E-state index contributed by atoms with van der Waals surface area (Å²) < 4.78 is 1.50. The van der Waals surface area contributed by atoms with Gasteiger partial charge in [0.15, 0.2) is 5.82 Å². The molecule has 6 nitrogen and oxygen atoms in total. The van der Waals surface area contributed by atoms with Gasteiger partial charge >= 0.3 is 0 Å². The van der Waals surface area contributed by atoms with E-state index in [2.05, 4.69) is 21.1 Å². The molecule has 2 rings (SSSR count). The molecule has 6 heteroatoms. The maximum atomic E-state index is 11.4. The number of hydrogen-bond donors (Lipinski definition) is 1. The van der Waals surface area contributed by atoms with Crippen LogP contribution in [0.25, 0.3) is 5.82 Å². The molecule has 2 heterocycles. The van der Waals surface area contributed by atoms with Gasteiger partial charge in [0, 0.05) is 0 Å². The Bertz CT molecular complexity index is 648. The third-order valence-corrected chi connectivity index (χ3v) is 2.48. The predicted octanol–water partition coefficient (Wildman–Crippen LogP) is 0.359. The van der Waals surface area contributed by atoms with E-state index in [4.69, 9.17) is 12.2 Å². The number of terminal acetylenes is 1. The normalized spacial score (nSPS) is 10.1. The molecule has 0 aliphatic rings. The van der Waals surface area contributed by atoms with Gasteiger partial charge in [-0.05, 0) is 31.9 Å². The quantitative estimate of drug-likeness (QED) is 0.769. The summed E-state index contributed by atoms with van der Waals surface area (Å²) >= 11 is 0. The second-order valence-corrected chi connectivity index (χ2v) is 3.75. The zero-order chi connectivity index (χ0) is 13.3. The van der Waals surface area contributed by atoms with Crippen LogP contribution in [0.2, 0.25) is 0 Å². The van der Waals surface area contributed by atoms with Gasteiger partial charge in [0.1, 0.15) is 5.69 Å². The van der Waals surface area contributed by atoms with Crippen LogP contribution >= 0.6 is 0 Å². The zero-order valence-electron chi connectivity index (χ0n) is 10.0. The minimum atomic E-state index is -0.665. The van der Waals surface area contributed by atoms with Crippen molar-refractivity contribution in [1.82, 2.24) is 19.7 Å². The number of nitrogens with zero attached hydrogens (tertiary/aromatic N) is 4. The topological polar surface area (TPSA) is 86.7 Å². The molecule has 2 aromatic heterocycles. The number of carbonyl (C=O) groups is 1. The van der Waals surface area contributed by atoms with E-state index >= 15 is 0 Å². The molecule has 0 unspecified atom stereocenters. The highest BCUT2D eigenvalue weighted by Gasteiger charge is 2.18. The molecule has 0 bridgehead atoms. The second kappa shape index (κ2) is 4.30. The molecule has 18 heavy (non-hydrogen) atoms. The molecule has 0 saturated heterocycles. The van der Waals surface area contributed by atoms with E-state index in [1.807, 2.05) is 6.92 Å². The number of carbonyl (C=O) groups excluding carboxylic acids is 1. The lowest BCUT2D eigenvalue weighted by molar-refractivity contribution is 0.0988. The fraction of sp³-hybridized carbons (Fsp3) is 0.167. The van der Waals surface area contributed by atoms with E-state index in [1.54, 1.807) is 19.1 Å². The molecular weight excluding hydrogens is 230 g/mol. The van der Waals surface area contributed by atoms with Gasteiger partial charge in [0.2, 0.25) is 5.82 Å². The van der Waals surface area contributed by atoms with E-state index in [9.17, 15) is 4.79 Å². The van der Waals surface area contributed by atoms with Crippen molar-refractivity contribution in [2.24, 2.45) is 5.73 Å². The van der Waals surface area contributed by atoms with Gasteiger partial charge < -0.3 is 5.73 Å². The van der Waals surface area contributed by atoms with Gasteiger partial charge in [0.05, 0.1) is 11.4 Å². The first-order chi connectivity index (χ1) is 8.54. The molecular formula is C12H11N5O. The average Bonchev–Trinajstić information content (AvgIpc) is 2.68. The Hall–Kier alpha value is -2.68. The fourth-order valence-electron chi connectivity index (χ4n) is 1.60. The Morgan fingerprint density at radius 1 is 1.39 bits per heavy atom. The van der Waals surface area contributed by atoms with Crippen molar-refractivity contribution in [3.63, 3.8) is 0 Å². The number of rotatable bonds is 2. The first-order valence-electron chi connectivity index (χ1n) is 5.21. The van der Waals surface area contributed by atoms with Crippen molar-refractivity contribution < 1.29 is 4.79 Å². The summed E-state index contributed by atoms with van der Waals surface area (Å²) in [6.45, 7) is 3.57. The van der Waals surface area contributed by atoms with E-state index in [1.165, 1.54) is 4.57 Å². The van der Waals surface area contributed by atoms with E-state index < -0.39 is 5.91 Å². The highest BCUT2D eigenvalue weighted by Crippen LogP contribution is 2.15. The number of nitrogens with two attached hydrogens (primary N) is 1. The molecule has 0 atom stereocenters. The lowest BCUT2D eigenvalue weighted by Crippen LogP contribution is -2.18. The van der Waals surface area contributed by atoms with Crippen molar-refractivity contribution in [2.75, 3.05) is 0 Å². The van der Waals surface area contributed by atoms with Crippen LogP contribution in [0.4, 0.5) is 0 Å². The molecule has 0 aliphatic carbocycles. The van der Waals surface area contributed by atoms with Crippen LogP contribution in [0.15, 0.2) is 12.1 Å². The van der Waals surface area contributed by atoms with Gasteiger partial charge in [-0.1, -0.05) is 0 Å². The molecule has 1 amide bonds. The summed E-state index contributed by atoms with van der Waals surface area (Å²) in [5.74, 6) is 2.25. The largest absolute Gasteiger partial charge is 0.363 e. The van der Waals surface area contributed by atoms with Crippen LogP contribution < -0.4 is 5.73 Å². The van der Waals surface area contributed by atoms with Crippen LogP contribution in [0, 0.1) is 26.2 Å². The summed E-state index contributed by atoms with van der Waals surface area (Å²) in [5, 5.41) is 7.93. The molecule has 0 radical (unpaired) electrons. The maximum Gasteiger partial charge on any atom is 0.285 e. The first-order valence-corrected chi connectivity index (χ1v) is 5.21. The molecule has 2 aromatic rings. The van der Waals surface area contributed by atoms with Crippen molar-refractivity contribution in [3.05, 3.63) is 35.0 Å². The van der Waals surface area contributed by atoms with E-state index in [-0.39, 0.29) is 5.82 Å². The molecule has 0 aromatic carbocycles. The van der Waals surface area contributed by atoms with Crippen LogP contribution in [0.5, 0.6) is 0 Å². The van der Waals surface area contributed by atoms with Crippen molar-refractivity contribution in [3.8, 4) is 18.2 Å². The number of amides is 1. The summed E-state index contributed by atoms with van der Waals surface area (Å²) in [5.41, 5.74) is 7.05. The molecule has 0 aliphatic heterocycles. The van der Waals surface area contributed by atoms with Crippen LogP contribution in [0.1, 0.15) is 27.7 Å². The highest BCUT2D eigenvalue weighted by molar-refractivity contribution is 5.90. The summed E-state index contributed by atoms with van der Waals surface area (Å²) in [4.78, 5) is 15.4. The van der Waals surface area contributed by atoms with Crippen LogP contribution in [0.3, 0.4) is 0 Å². The monoisotopic (exact) mass is 241 g/mol. The Balaban J connectivity index is 2.70. The molecule has 2 N–H and O–H groups in total. The Morgan fingerprint density at radius 3 is 2.61 bits per heavy atom. The number of primary amides is 1. The lowest BCUT2D eigenvalue weighted by atomic mass is 10.3. The van der Waals surface area contributed by atoms with Crippen LogP contribution in [-0.4, -0.2) is 25.7 Å². The molecule has 90 valence electrons. The number of imidazole rings is 1. The smallest absolute Gasteiger partial charge is 0.285 e. The lowest BCUT2D eigenvalue weighted by Gasteiger charge is -2.06. The third kappa shape index (κ3) is 1.82. The van der Waals surface area contributed by atoms with Crippen molar-refractivity contribution >= 4 is 5.91 Å². The van der Waals surface area contributed by atoms with Gasteiger partial charge in [-0.3, -0.25) is 9.36 Å². The zero-order valence-corrected chi connectivity index (χ0v) is 10.0. The number of aryl methyl sites for hydroxylation is 1. The molecule has 0 saturated carbocycles. The van der Waals surface area contributed by atoms with E-state index in [0.717, 1.165) is 5.69 Å². The fourth-order valence-corrected chi connectivity index (χ4v) is 1.60. The van der Waals surface area contributed by atoms with Gasteiger partial charge in [-0.25, -0.2) is 4.98 Å². The predicted molar refractivity (Wildman–Crippen MR) is 65.1 cm³/mol. The first kappa shape index (κ1) is 11.8. The third-order valence-electron chi connectivity index (χ3n) is 2.48. The minimum Gasteiger partial charge on any atom is -0.363 e. The maximum absolute atomic E-state index is 11.4. The SMILES string of the molecule is C#Cc1nc(C(N)=O)n(-c2ccc(C)nn2)c1C. The highest BCUT2D eigenvalue weighted by atomic mass is 16.1. The summed E-state index contributed by atoms with van der Waals surface area (Å²) in [7, 11) is 0. The van der Waals surface area contributed by atoms with Gasteiger partial charge in [-0.2, -0.15) is 5.10 Å². The summed E-state index contributed by atoms with van der Waals surface area (Å²) in [6, 6.07) is 3.51. The van der Waals surface area contributed by atoms with Crippen LogP contribution in [-0.2, 0) is 0 Å². The second-order valence-electron chi connectivity index (χ2n) is 3.75. The standard InChI is InChI=1S/C12H11N5O/c1-4-9-8(3)17(12(14-9)11(13)18)10-6-5-7(2)15-16-10/h1,5-6H,2-3H3,(H2,13,18).